The summed E-state index contributed by atoms with van der Waals surface area (Å²) in [5, 5.41) is 3.08. The van der Waals surface area contributed by atoms with Gasteiger partial charge in [0.05, 0.1) is 0 Å². The molecule has 1 rings (SSSR count). The van der Waals surface area contributed by atoms with Crippen molar-refractivity contribution in [2.24, 2.45) is 0 Å². The molecule has 1 aromatic rings. The molecular formula is C14H16F3N. The Bertz CT molecular complexity index is 460. The van der Waals surface area contributed by atoms with Crippen LogP contribution in [0.2, 0.25) is 0 Å². The third kappa shape index (κ3) is 3.51. The zero-order chi connectivity index (χ0) is 13.5. The summed E-state index contributed by atoms with van der Waals surface area (Å²) >= 11 is 0. The molecule has 4 heteroatoms. The standard InChI is InChI=1S/C14H16F3N/c1-3-5-6-12(18-9-4-2)10-7-8-11(15)14(17)13(10)16/h7-8,12,18H,4,6,9H2,1-2H3. The maximum absolute atomic E-state index is 13.7. The first-order chi connectivity index (χ1) is 8.61. The largest absolute Gasteiger partial charge is 0.309 e. The minimum Gasteiger partial charge on any atom is -0.309 e. The number of hydrogen-bond acceptors (Lipinski definition) is 1. The Hall–Kier alpha value is -1.47. The van der Waals surface area contributed by atoms with E-state index in [1.54, 1.807) is 6.92 Å². The van der Waals surface area contributed by atoms with Gasteiger partial charge in [0.2, 0.25) is 0 Å². The van der Waals surface area contributed by atoms with Crippen molar-refractivity contribution >= 4 is 0 Å². The highest BCUT2D eigenvalue weighted by atomic mass is 19.2. The fraction of sp³-hybridized carbons (Fsp3) is 0.429. The molecule has 1 nitrogen and oxygen atoms in total. The quantitative estimate of drug-likeness (QED) is 0.626. The van der Waals surface area contributed by atoms with Crippen molar-refractivity contribution in [2.45, 2.75) is 32.7 Å². The van der Waals surface area contributed by atoms with E-state index in [-0.39, 0.29) is 5.56 Å². The molecule has 1 atom stereocenters. The lowest BCUT2D eigenvalue weighted by atomic mass is 10.0. The van der Waals surface area contributed by atoms with Crippen LogP contribution in [0.3, 0.4) is 0 Å². The Labute approximate surface area is 105 Å². The van der Waals surface area contributed by atoms with E-state index in [9.17, 15) is 13.2 Å². The van der Waals surface area contributed by atoms with Gasteiger partial charge in [0.1, 0.15) is 0 Å². The van der Waals surface area contributed by atoms with Crippen molar-refractivity contribution in [3.8, 4) is 11.8 Å². The highest BCUT2D eigenvalue weighted by Gasteiger charge is 2.19. The van der Waals surface area contributed by atoms with Gasteiger partial charge in [-0.25, -0.2) is 13.2 Å². The number of benzene rings is 1. The van der Waals surface area contributed by atoms with Crippen molar-refractivity contribution in [1.29, 1.82) is 0 Å². The van der Waals surface area contributed by atoms with Gasteiger partial charge in [-0.3, -0.25) is 0 Å². The summed E-state index contributed by atoms with van der Waals surface area (Å²) in [4.78, 5) is 0. The van der Waals surface area contributed by atoms with Gasteiger partial charge in [0, 0.05) is 18.0 Å². The van der Waals surface area contributed by atoms with E-state index in [1.807, 2.05) is 6.92 Å². The normalized spacial score (nSPS) is 11.8. The Morgan fingerprint density at radius 2 is 1.94 bits per heavy atom. The first kappa shape index (κ1) is 14.6. The molecule has 0 aliphatic heterocycles. The Balaban J connectivity index is 3.02. The van der Waals surface area contributed by atoms with E-state index in [0.717, 1.165) is 12.5 Å². The second-order valence-electron chi connectivity index (χ2n) is 3.90. The second-order valence-corrected chi connectivity index (χ2v) is 3.90. The first-order valence-electron chi connectivity index (χ1n) is 5.88. The molecule has 0 aromatic heterocycles. The van der Waals surface area contributed by atoms with Crippen molar-refractivity contribution in [1.82, 2.24) is 5.32 Å². The van der Waals surface area contributed by atoms with Crippen LogP contribution in [0.4, 0.5) is 13.2 Å². The molecule has 0 fully saturated rings. The number of halogens is 3. The molecule has 0 heterocycles. The molecule has 0 aliphatic rings. The fourth-order valence-electron chi connectivity index (χ4n) is 1.62. The van der Waals surface area contributed by atoms with E-state index in [1.165, 1.54) is 6.07 Å². The van der Waals surface area contributed by atoms with E-state index in [0.29, 0.717) is 13.0 Å². The highest BCUT2D eigenvalue weighted by Crippen LogP contribution is 2.23. The first-order valence-corrected chi connectivity index (χ1v) is 5.88. The average Bonchev–Trinajstić information content (AvgIpc) is 2.37. The van der Waals surface area contributed by atoms with Gasteiger partial charge < -0.3 is 5.32 Å². The minimum atomic E-state index is -1.43. The summed E-state index contributed by atoms with van der Waals surface area (Å²) in [7, 11) is 0. The Kier molecular flexibility index (Phi) is 5.73. The lowest BCUT2D eigenvalue weighted by molar-refractivity contribution is 0.425. The third-order valence-electron chi connectivity index (χ3n) is 2.56. The lowest BCUT2D eigenvalue weighted by Gasteiger charge is -2.17. The third-order valence-corrected chi connectivity index (χ3v) is 2.56. The highest BCUT2D eigenvalue weighted by molar-refractivity contribution is 5.25. The summed E-state index contributed by atoms with van der Waals surface area (Å²) in [6.45, 7) is 4.31. The molecule has 0 aliphatic carbocycles. The van der Waals surface area contributed by atoms with Crippen LogP contribution in [0.5, 0.6) is 0 Å². The van der Waals surface area contributed by atoms with Crippen molar-refractivity contribution in [2.75, 3.05) is 6.54 Å². The van der Waals surface area contributed by atoms with Crippen LogP contribution >= 0.6 is 0 Å². The molecular weight excluding hydrogens is 239 g/mol. The molecule has 0 bridgehead atoms. The fourth-order valence-corrected chi connectivity index (χ4v) is 1.62. The molecule has 1 N–H and O–H groups in total. The van der Waals surface area contributed by atoms with Crippen LogP contribution in [0.15, 0.2) is 12.1 Å². The van der Waals surface area contributed by atoms with Gasteiger partial charge in [0.25, 0.3) is 0 Å². The average molecular weight is 255 g/mol. The maximum atomic E-state index is 13.7. The molecule has 98 valence electrons. The van der Waals surface area contributed by atoms with Crippen LogP contribution < -0.4 is 5.32 Å². The van der Waals surface area contributed by atoms with Crippen LogP contribution in [-0.4, -0.2) is 6.54 Å². The monoisotopic (exact) mass is 255 g/mol. The van der Waals surface area contributed by atoms with Gasteiger partial charge in [-0.05, 0) is 26.0 Å². The maximum Gasteiger partial charge on any atom is 0.194 e. The van der Waals surface area contributed by atoms with Crippen LogP contribution in [0.1, 0.15) is 38.3 Å². The number of nitrogens with one attached hydrogen (secondary N) is 1. The Morgan fingerprint density at radius 1 is 1.22 bits per heavy atom. The molecule has 1 aromatic carbocycles. The summed E-state index contributed by atoms with van der Waals surface area (Å²) < 4.78 is 39.7. The lowest BCUT2D eigenvalue weighted by Crippen LogP contribution is -2.23. The van der Waals surface area contributed by atoms with E-state index < -0.39 is 23.5 Å². The van der Waals surface area contributed by atoms with Gasteiger partial charge in [0.15, 0.2) is 17.5 Å². The van der Waals surface area contributed by atoms with Crippen molar-refractivity contribution in [3.63, 3.8) is 0 Å². The summed E-state index contributed by atoms with van der Waals surface area (Å²) in [5.74, 6) is 1.79. The molecule has 18 heavy (non-hydrogen) atoms. The predicted molar refractivity (Wildman–Crippen MR) is 65.4 cm³/mol. The molecule has 0 radical (unpaired) electrons. The summed E-state index contributed by atoms with van der Waals surface area (Å²) in [6.07, 6.45) is 1.22. The minimum absolute atomic E-state index is 0.116. The van der Waals surface area contributed by atoms with Crippen molar-refractivity contribution < 1.29 is 13.2 Å². The smallest absolute Gasteiger partial charge is 0.194 e. The molecule has 0 spiro atoms. The summed E-state index contributed by atoms with van der Waals surface area (Å²) in [6, 6.07) is 1.78. The van der Waals surface area contributed by atoms with E-state index in [4.69, 9.17) is 0 Å². The zero-order valence-corrected chi connectivity index (χ0v) is 10.5. The zero-order valence-electron chi connectivity index (χ0n) is 10.5. The van der Waals surface area contributed by atoms with Crippen LogP contribution in [0, 0.1) is 29.3 Å². The molecule has 0 amide bonds. The number of hydrogen-bond donors (Lipinski definition) is 1. The number of rotatable bonds is 5. The molecule has 0 saturated heterocycles. The van der Waals surface area contributed by atoms with E-state index in [2.05, 4.69) is 17.2 Å². The van der Waals surface area contributed by atoms with E-state index >= 15 is 0 Å². The molecule has 0 saturated carbocycles. The van der Waals surface area contributed by atoms with Gasteiger partial charge >= 0.3 is 0 Å². The second kappa shape index (κ2) is 7.07. The van der Waals surface area contributed by atoms with Crippen LogP contribution in [0.25, 0.3) is 0 Å². The predicted octanol–water partition coefficient (Wildman–Crippen LogP) is 3.56. The SMILES string of the molecule is CC#CCC(NCCC)c1ccc(F)c(F)c1F. The molecule has 1 unspecified atom stereocenters. The van der Waals surface area contributed by atoms with Gasteiger partial charge in [-0.2, -0.15) is 0 Å². The van der Waals surface area contributed by atoms with Crippen molar-refractivity contribution in [3.05, 3.63) is 35.1 Å². The van der Waals surface area contributed by atoms with Gasteiger partial charge in [-0.1, -0.05) is 13.0 Å². The van der Waals surface area contributed by atoms with Gasteiger partial charge in [-0.15, -0.1) is 11.8 Å². The Morgan fingerprint density at radius 3 is 2.56 bits per heavy atom. The summed E-state index contributed by atoms with van der Waals surface area (Å²) in [5.41, 5.74) is 0.116. The van der Waals surface area contributed by atoms with Crippen LogP contribution in [-0.2, 0) is 0 Å². The topological polar surface area (TPSA) is 12.0 Å².